The van der Waals surface area contributed by atoms with E-state index in [0.717, 1.165) is 11.3 Å². The zero-order valence-corrected chi connectivity index (χ0v) is 12.8. The predicted molar refractivity (Wildman–Crippen MR) is 84.8 cm³/mol. The number of nitrogens with zero attached hydrogens (tertiary/aromatic N) is 1. The van der Waals surface area contributed by atoms with Crippen LogP contribution in [0.1, 0.15) is 5.56 Å². The first-order valence-corrected chi connectivity index (χ1v) is 8.31. The van der Waals surface area contributed by atoms with Gasteiger partial charge in [-0.3, -0.25) is 10.1 Å². The fraction of sp³-hybridized carbons (Fsp3) is 0.200. The molecule has 0 amide bonds. The van der Waals surface area contributed by atoms with Crippen molar-refractivity contribution in [1.29, 1.82) is 0 Å². The fourth-order valence-corrected chi connectivity index (χ4v) is 3.05. The summed E-state index contributed by atoms with van der Waals surface area (Å²) >= 11 is 0. The van der Waals surface area contributed by atoms with Gasteiger partial charge in [-0.1, -0.05) is 17.7 Å². The van der Waals surface area contributed by atoms with Crippen LogP contribution < -0.4 is 5.32 Å². The van der Waals surface area contributed by atoms with Gasteiger partial charge in [0.05, 0.1) is 15.6 Å². The SMILES string of the molecule is Cc1ccc(NCCS(=O)(=O)c2ccc([N+](=O)[O-])cc2)cc1. The Bertz CT molecular complexity index is 753. The second-order valence-electron chi connectivity index (χ2n) is 4.86. The molecule has 0 saturated heterocycles. The van der Waals surface area contributed by atoms with Crippen LogP contribution in [0.15, 0.2) is 53.4 Å². The van der Waals surface area contributed by atoms with Crippen molar-refractivity contribution in [2.24, 2.45) is 0 Å². The second-order valence-corrected chi connectivity index (χ2v) is 6.97. The summed E-state index contributed by atoms with van der Waals surface area (Å²) in [4.78, 5) is 10.1. The Kier molecular flexibility index (Phi) is 4.77. The highest BCUT2D eigenvalue weighted by molar-refractivity contribution is 7.91. The average molecular weight is 320 g/mol. The zero-order chi connectivity index (χ0) is 16.2. The van der Waals surface area contributed by atoms with Crippen molar-refractivity contribution >= 4 is 21.2 Å². The number of anilines is 1. The highest BCUT2D eigenvalue weighted by Gasteiger charge is 2.15. The van der Waals surface area contributed by atoms with Crippen molar-refractivity contribution in [3.8, 4) is 0 Å². The number of aryl methyl sites for hydroxylation is 1. The molecule has 0 radical (unpaired) electrons. The molecule has 6 nitrogen and oxygen atoms in total. The lowest BCUT2D eigenvalue weighted by molar-refractivity contribution is -0.384. The van der Waals surface area contributed by atoms with Crippen molar-refractivity contribution in [2.75, 3.05) is 17.6 Å². The predicted octanol–water partition coefficient (Wildman–Crippen LogP) is 2.79. The molecule has 0 heterocycles. The van der Waals surface area contributed by atoms with Crippen LogP contribution in [0.2, 0.25) is 0 Å². The number of rotatable bonds is 6. The Labute approximate surface area is 128 Å². The Morgan fingerprint density at radius 3 is 2.18 bits per heavy atom. The first-order chi connectivity index (χ1) is 10.4. The molecule has 116 valence electrons. The summed E-state index contributed by atoms with van der Waals surface area (Å²) in [5.41, 5.74) is 1.85. The van der Waals surface area contributed by atoms with Gasteiger partial charge >= 0.3 is 0 Å². The van der Waals surface area contributed by atoms with E-state index in [1.165, 1.54) is 24.3 Å². The molecule has 0 unspecified atom stereocenters. The first-order valence-electron chi connectivity index (χ1n) is 6.66. The molecule has 0 fully saturated rings. The summed E-state index contributed by atoms with van der Waals surface area (Å²) in [7, 11) is -3.47. The summed E-state index contributed by atoms with van der Waals surface area (Å²) in [6.07, 6.45) is 0. The number of benzene rings is 2. The highest BCUT2D eigenvalue weighted by atomic mass is 32.2. The molecule has 0 aliphatic rings. The first kappa shape index (κ1) is 16.0. The number of nitro groups is 1. The van der Waals surface area contributed by atoms with Crippen LogP contribution in [0.4, 0.5) is 11.4 Å². The van der Waals surface area contributed by atoms with E-state index in [1.54, 1.807) is 0 Å². The van der Waals surface area contributed by atoms with Crippen molar-refractivity contribution in [3.05, 3.63) is 64.2 Å². The van der Waals surface area contributed by atoms with Gasteiger partial charge in [-0.05, 0) is 31.2 Å². The maximum Gasteiger partial charge on any atom is 0.269 e. The van der Waals surface area contributed by atoms with Gasteiger partial charge in [-0.2, -0.15) is 0 Å². The number of nitro benzene ring substituents is 1. The smallest absolute Gasteiger partial charge is 0.269 e. The zero-order valence-electron chi connectivity index (χ0n) is 12.0. The van der Waals surface area contributed by atoms with Crippen LogP contribution in [-0.4, -0.2) is 25.6 Å². The molecule has 0 saturated carbocycles. The Morgan fingerprint density at radius 1 is 1.05 bits per heavy atom. The van der Waals surface area contributed by atoms with Gasteiger partial charge in [0.2, 0.25) is 0 Å². The molecular weight excluding hydrogens is 304 g/mol. The Morgan fingerprint density at radius 2 is 1.64 bits per heavy atom. The van der Waals surface area contributed by atoms with E-state index in [-0.39, 0.29) is 22.9 Å². The van der Waals surface area contributed by atoms with E-state index < -0.39 is 14.8 Å². The van der Waals surface area contributed by atoms with Gasteiger partial charge < -0.3 is 5.32 Å². The topological polar surface area (TPSA) is 89.3 Å². The van der Waals surface area contributed by atoms with Crippen molar-refractivity contribution in [1.82, 2.24) is 0 Å². The largest absolute Gasteiger partial charge is 0.384 e. The lowest BCUT2D eigenvalue weighted by atomic mass is 10.2. The Balaban J connectivity index is 1.98. The van der Waals surface area contributed by atoms with Crippen LogP contribution in [0, 0.1) is 17.0 Å². The molecule has 0 atom stereocenters. The summed E-state index contributed by atoms with van der Waals surface area (Å²) < 4.78 is 24.3. The maximum absolute atomic E-state index is 12.1. The van der Waals surface area contributed by atoms with E-state index in [1.807, 2.05) is 31.2 Å². The van der Waals surface area contributed by atoms with Crippen molar-refractivity contribution in [3.63, 3.8) is 0 Å². The third-order valence-electron chi connectivity index (χ3n) is 3.16. The lowest BCUT2D eigenvalue weighted by Crippen LogP contribution is -2.15. The number of hydrogen-bond acceptors (Lipinski definition) is 5. The molecule has 0 aliphatic heterocycles. The van der Waals surface area contributed by atoms with E-state index in [0.29, 0.717) is 0 Å². The molecule has 0 bridgehead atoms. The molecular formula is C15H16N2O4S. The summed E-state index contributed by atoms with van der Waals surface area (Å²) in [6, 6.07) is 12.6. The van der Waals surface area contributed by atoms with Gasteiger partial charge in [-0.15, -0.1) is 0 Å². The normalized spacial score (nSPS) is 11.1. The van der Waals surface area contributed by atoms with Gasteiger partial charge in [0.25, 0.3) is 5.69 Å². The summed E-state index contributed by atoms with van der Waals surface area (Å²) in [5, 5.41) is 13.6. The maximum atomic E-state index is 12.1. The van der Waals surface area contributed by atoms with Crippen LogP contribution in [0.3, 0.4) is 0 Å². The molecule has 2 aromatic rings. The lowest BCUT2D eigenvalue weighted by Gasteiger charge is -2.08. The minimum atomic E-state index is -3.47. The van der Waals surface area contributed by atoms with Gasteiger partial charge in [0.15, 0.2) is 9.84 Å². The molecule has 0 spiro atoms. The van der Waals surface area contributed by atoms with E-state index in [2.05, 4.69) is 5.32 Å². The fourth-order valence-electron chi connectivity index (χ4n) is 1.89. The summed E-state index contributed by atoms with van der Waals surface area (Å²) in [5.74, 6) is -0.0846. The average Bonchev–Trinajstić information content (AvgIpc) is 2.49. The number of non-ortho nitro benzene ring substituents is 1. The second kappa shape index (κ2) is 6.57. The van der Waals surface area contributed by atoms with Crippen LogP contribution in [0.25, 0.3) is 0 Å². The number of sulfone groups is 1. The minimum absolute atomic E-state index is 0.0846. The third kappa shape index (κ3) is 4.05. The summed E-state index contributed by atoms with van der Waals surface area (Å²) in [6.45, 7) is 2.24. The van der Waals surface area contributed by atoms with Crippen LogP contribution in [0.5, 0.6) is 0 Å². The molecule has 0 aromatic heterocycles. The van der Waals surface area contributed by atoms with E-state index in [4.69, 9.17) is 0 Å². The quantitative estimate of drug-likeness (QED) is 0.653. The van der Waals surface area contributed by atoms with Crippen molar-refractivity contribution in [2.45, 2.75) is 11.8 Å². The number of nitrogens with one attached hydrogen (secondary N) is 1. The van der Waals surface area contributed by atoms with Gasteiger partial charge in [0, 0.05) is 24.4 Å². The van der Waals surface area contributed by atoms with Crippen LogP contribution >= 0.6 is 0 Å². The van der Waals surface area contributed by atoms with Gasteiger partial charge in [-0.25, -0.2) is 8.42 Å². The van der Waals surface area contributed by atoms with Crippen LogP contribution in [-0.2, 0) is 9.84 Å². The molecule has 1 N–H and O–H groups in total. The molecule has 2 aromatic carbocycles. The molecule has 0 aliphatic carbocycles. The van der Waals surface area contributed by atoms with Crippen molar-refractivity contribution < 1.29 is 13.3 Å². The van der Waals surface area contributed by atoms with E-state index >= 15 is 0 Å². The van der Waals surface area contributed by atoms with Gasteiger partial charge in [0.1, 0.15) is 0 Å². The monoisotopic (exact) mass is 320 g/mol. The number of hydrogen-bond donors (Lipinski definition) is 1. The minimum Gasteiger partial charge on any atom is -0.384 e. The Hall–Kier alpha value is -2.41. The molecule has 22 heavy (non-hydrogen) atoms. The third-order valence-corrected chi connectivity index (χ3v) is 4.89. The standard InChI is InChI=1S/C15H16N2O4S/c1-12-2-4-13(5-3-12)16-10-11-22(20,21)15-8-6-14(7-9-15)17(18)19/h2-9,16H,10-11H2,1H3. The highest BCUT2D eigenvalue weighted by Crippen LogP contribution is 2.17. The van der Waals surface area contributed by atoms with E-state index in [9.17, 15) is 18.5 Å². The molecule has 2 rings (SSSR count). The molecule has 7 heteroatoms.